The van der Waals surface area contributed by atoms with E-state index in [0.717, 1.165) is 28.9 Å². The Kier molecular flexibility index (Phi) is 5.47. The van der Waals surface area contributed by atoms with Gasteiger partial charge in [0.25, 0.3) is 5.56 Å². The van der Waals surface area contributed by atoms with Crippen LogP contribution in [0.4, 0.5) is 0 Å². The molecule has 1 atom stereocenters. The molecule has 158 valence electrons. The first kappa shape index (κ1) is 20.3. The number of methoxy groups -OCH3 is 1. The molecule has 1 fully saturated rings. The Hall–Kier alpha value is -2.93. The van der Waals surface area contributed by atoms with Gasteiger partial charge in [0.05, 0.1) is 18.0 Å². The maximum atomic E-state index is 12.9. The molecule has 3 aromatic rings. The summed E-state index contributed by atoms with van der Waals surface area (Å²) in [5.74, 6) is 0.465. The third kappa shape index (κ3) is 3.77. The lowest BCUT2D eigenvalue weighted by molar-refractivity contribution is -0.128. The van der Waals surface area contributed by atoms with E-state index in [9.17, 15) is 9.59 Å². The number of aromatic amines is 1. The Morgan fingerprint density at radius 2 is 1.97 bits per heavy atom. The van der Waals surface area contributed by atoms with Crippen LogP contribution in [0.2, 0.25) is 0 Å². The standard InChI is InChI=1S/C23H28N4O3/c1-14(2)11-26-12-17(9-20(26)28)18-10-21(29)27-23(24-18)22(19(25-27)13-30-4)16-7-5-15(3)6-8-16/h5-8,10,14,17,25H,9,11-13H2,1-4H3/t17-/m0/s1. The summed E-state index contributed by atoms with van der Waals surface area (Å²) in [6.45, 7) is 7.91. The molecule has 1 aromatic carbocycles. The number of rotatable bonds is 6. The number of likely N-dealkylation sites (tertiary alicyclic amines) is 1. The van der Waals surface area contributed by atoms with Crippen molar-refractivity contribution in [2.45, 2.75) is 39.7 Å². The summed E-state index contributed by atoms with van der Waals surface area (Å²) < 4.78 is 6.82. The van der Waals surface area contributed by atoms with E-state index in [0.29, 0.717) is 36.8 Å². The van der Waals surface area contributed by atoms with Crippen LogP contribution < -0.4 is 5.56 Å². The van der Waals surface area contributed by atoms with Crippen LogP contribution in [0.3, 0.4) is 0 Å². The molecule has 1 amide bonds. The second-order valence-electron chi connectivity index (χ2n) is 8.54. The lowest BCUT2D eigenvalue weighted by atomic mass is 10.0. The van der Waals surface area contributed by atoms with Gasteiger partial charge in [-0.25, -0.2) is 9.50 Å². The predicted molar refractivity (Wildman–Crippen MR) is 115 cm³/mol. The molecule has 0 aliphatic carbocycles. The lowest BCUT2D eigenvalue weighted by Crippen LogP contribution is -2.29. The zero-order valence-electron chi connectivity index (χ0n) is 17.9. The molecular formula is C23H28N4O3. The maximum Gasteiger partial charge on any atom is 0.272 e. The number of benzene rings is 1. The summed E-state index contributed by atoms with van der Waals surface area (Å²) >= 11 is 0. The zero-order chi connectivity index (χ0) is 21.4. The molecule has 0 unspecified atom stereocenters. The highest BCUT2D eigenvalue weighted by Crippen LogP contribution is 2.31. The number of carbonyl (C=O) groups is 1. The second-order valence-corrected chi connectivity index (χ2v) is 8.54. The van der Waals surface area contributed by atoms with E-state index < -0.39 is 0 Å². The number of aryl methyl sites for hydroxylation is 1. The number of amides is 1. The number of nitrogens with one attached hydrogen (secondary N) is 1. The fraction of sp³-hybridized carbons (Fsp3) is 0.435. The van der Waals surface area contributed by atoms with Crippen molar-refractivity contribution < 1.29 is 9.53 Å². The van der Waals surface area contributed by atoms with Crippen LogP contribution in [0.5, 0.6) is 0 Å². The fourth-order valence-corrected chi connectivity index (χ4v) is 4.17. The van der Waals surface area contributed by atoms with Crippen LogP contribution in [-0.2, 0) is 16.1 Å². The number of hydrogen-bond donors (Lipinski definition) is 1. The molecule has 0 radical (unpaired) electrons. The van der Waals surface area contributed by atoms with Crippen molar-refractivity contribution >= 4 is 11.6 Å². The average Bonchev–Trinajstić information content (AvgIpc) is 3.23. The van der Waals surface area contributed by atoms with Gasteiger partial charge in [0.15, 0.2) is 5.65 Å². The zero-order valence-corrected chi connectivity index (χ0v) is 17.9. The Morgan fingerprint density at radius 3 is 2.63 bits per heavy atom. The second kappa shape index (κ2) is 8.07. The number of aromatic nitrogens is 3. The Balaban J connectivity index is 1.81. The van der Waals surface area contributed by atoms with Crippen LogP contribution in [0.25, 0.3) is 16.8 Å². The molecule has 7 heteroatoms. The van der Waals surface area contributed by atoms with E-state index in [1.165, 1.54) is 4.52 Å². The van der Waals surface area contributed by atoms with Crippen LogP contribution in [0.15, 0.2) is 35.1 Å². The fourth-order valence-electron chi connectivity index (χ4n) is 4.17. The van der Waals surface area contributed by atoms with Crippen LogP contribution in [0, 0.1) is 12.8 Å². The first-order chi connectivity index (χ1) is 14.4. The Labute approximate surface area is 175 Å². The molecule has 2 aromatic heterocycles. The van der Waals surface area contributed by atoms with Gasteiger partial charge in [-0.3, -0.25) is 14.7 Å². The normalized spacial score (nSPS) is 16.9. The number of H-pyrrole nitrogens is 1. The van der Waals surface area contributed by atoms with E-state index in [2.05, 4.69) is 18.9 Å². The Morgan fingerprint density at radius 1 is 1.23 bits per heavy atom. The minimum atomic E-state index is -0.180. The molecule has 3 heterocycles. The third-order valence-electron chi connectivity index (χ3n) is 5.56. The van der Waals surface area contributed by atoms with E-state index in [-0.39, 0.29) is 17.4 Å². The van der Waals surface area contributed by atoms with Crippen molar-refractivity contribution in [2.24, 2.45) is 5.92 Å². The van der Waals surface area contributed by atoms with E-state index >= 15 is 0 Å². The molecule has 1 saturated heterocycles. The largest absolute Gasteiger partial charge is 0.378 e. The molecule has 7 nitrogen and oxygen atoms in total. The van der Waals surface area contributed by atoms with Gasteiger partial charge in [-0.2, -0.15) is 0 Å². The van der Waals surface area contributed by atoms with Crippen LogP contribution in [0.1, 0.15) is 43.1 Å². The van der Waals surface area contributed by atoms with E-state index in [1.807, 2.05) is 36.1 Å². The van der Waals surface area contributed by atoms with E-state index in [1.54, 1.807) is 13.2 Å². The third-order valence-corrected chi connectivity index (χ3v) is 5.56. The number of carbonyl (C=O) groups excluding carboxylic acids is 1. The van der Waals surface area contributed by atoms with Gasteiger partial charge in [0.1, 0.15) is 0 Å². The highest BCUT2D eigenvalue weighted by Gasteiger charge is 2.32. The van der Waals surface area contributed by atoms with Crippen molar-refractivity contribution in [3.05, 3.63) is 57.6 Å². The molecule has 4 rings (SSSR count). The first-order valence-electron chi connectivity index (χ1n) is 10.4. The highest BCUT2D eigenvalue weighted by molar-refractivity contribution is 5.81. The van der Waals surface area contributed by atoms with Gasteiger partial charge < -0.3 is 9.64 Å². The van der Waals surface area contributed by atoms with Gasteiger partial charge in [0, 0.05) is 44.2 Å². The van der Waals surface area contributed by atoms with E-state index in [4.69, 9.17) is 9.72 Å². The molecule has 30 heavy (non-hydrogen) atoms. The van der Waals surface area contributed by atoms with Crippen molar-refractivity contribution in [1.29, 1.82) is 0 Å². The smallest absolute Gasteiger partial charge is 0.272 e. The highest BCUT2D eigenvalue weighted by atomic mass is 16.5. The van der Waals surface area contributed by atoms with Gasteiger partial charge in [0.2, 0.25) is 5.91 Å². The number of hydrogen-bond acceptors (Lipinski definition) is 4. The quantitative estimate of drug-likeness (QED) is 0.680. The number of ether oxygens (including phenoxy) is 1. The van der Waals surface area contributed by atoms with Gasteiger partial charge in [-0.1, -0.05) is 43.7 Å². The summed E-state index contributed by atoms with van der Waals surface area (Å²) in [4.78, 5) is 32.1. The maximum absolute atomic E-state index is 12.9. The van der Waals surface area contributed by atoms with Gasteiger partial charge in [-0.05, 0) is 18.4 Å². The Bertz CT molecular complexity index is 1130. The monoisotopic (exact) mass is 408 g/mol. The number of fused-ring (bicyclic) bond motifs is 1. The topological polar surface area (TPSA) is 79.7 Å². The molecule has 1 aliphatic rings. The van der Waals surface area contributed by atoms with Crippen molar-refractivity contribution in [3.63, 3.8) is 0 Å². The summed E-state index contributed by atoms with van der Waals surface area (Å²) in [7, 11) is 1.62. The summed E-state index contributed by atoms with van der Waals surface area (Å²) in [5.41, 5.74) is 4.86. The number of nitrogens with zero attached hydrogens (tertiary/aromatic N) is 3. The minimum Gasteiger partial charge on any atom is -0.378 e. The van der Waals surface area contributed by atoms with Crippen LogP contribution >= 0.6 is 0 Å². The first-order valence-corrected chi connectivity index (χ1v) is 10.4. The minimum absolute atomic E-state index is 0.0689. The van der Waals surface area contributed by atoms with Gasteiger partial charge >= 0.3 is 0 Å². The van der Waals surface area contributed by atoms with Crippen molar-refractivity contribution in [1.82, 2.24) is 19.5 Å². The van der Waals surface area contributed by atoms with Crippen LogP contribution in [-0.4, -0.2) is 45.6 Å². The summed E-state index contributed by atoms with van der Waals surface area (Å²) in [5, 5.41) is 3.15. The van der Waals surface area contributed by atoms with Crippen molar-refractivity contribution in [3.8, 4) is 11.1 Å². The summed E-state index contributed by atoms with van der Waals surface area (Å²) in [6, 6.07) is 9.68. The summed E-state index contributed by atoms with van der Waals surface area (Å²) in [6.07, 6.45) is 0.393. The predicted octanol–water partition coefficient (Wildman–Crippen LogP) is 3.12. The molecular weight excluding hydrogens is 380 g/mol. The molecule has 0 saturated carbocycles. The molecule has 0 bridgehead atoms. The lowest BCUT2D eigenvalue weighted by Gasteiger charge is -2.18. The molecule has 0 spiro atoms. The van der Waals surface area contributed by atoms with Crippen molar-refractivity contribution in [2.75, 3.05) is 20.2 Å². The molecule has 1 N–H and O–H groups in total. The molecule has 1 aliphatic heterocycles. The average molecular weight is 409 g/mol. The van der Waals surface area contributed by atoms with Gasteiger partial charge in [-0.15, -0.1) is 0 Å². The SMILES string of the molecule is COCc1[nH]n2c(=O)cc([C@H]3CC(=O)N(CC(C)C)C3)nc2c1-c1ccc(C)cc1.